The van der Waals surface area contributed by atoms with Gasteiger partial charge < -0.3 is 5.11 Å². The van der Waals surface area contributed by atoms with Crippen LogP contribution in [0, 0.1) is 23.2 Å². The molecule has 0 aliphatic heterocycles. The predicted molar refractivity (Wildman–Crippen MR) is 83.2 cm³/mol. The molecular weight excluding hydrogens is 336 g/mol. The zero-order valence-electron chi connectivity index (χ0n) is 15.1. The molecule has 0 amide bonds. The Balaban J connectivity index is 0. The van der Waals surface area contributed by atoms with Crippen molar-refractivity contribution >= 4 is 11.8 Å². The third-order valence-corrected chi connectivity index (χ3v) is 3.97. The van der Waals surface area contributed by atoms with Crippen LogP contribution in [-0.2, 0) is 31.5 Å². The minimum absolute atomic E-state index is 0.0626. The molecule has 0 bridgehead atoms. The Hall–Kier alpha value is -0.426. The quantitative estimate of drug-likeness (QED) is 0.426. The molecule has 0 spiro atoms. The molecule has 23 heavy (non-hydrogen) atoms. The molecule has 0 aliphatic carbocycles. The number of Topliss-reactive ketones (excluding diaryl/α,β-unsaturated/α-hetero) is 1. The van der Waals surface area contributed by atoms with E-state index >= 15 is 0 Å². The van der Waals surface area contributed by atoms with Crippen LogP contribution in [0.25, 0.3) is 0 Å². The fourth-order valence-electron chi connectivity index (χ4n) is 2.85. The Bertz CT molecular complexity index is 374. The summed E-state index contributed by atoms with van der Waals surface area (Å²) in [6.07, 6.45) is 2.33. The van der Waals surface area contributed by atoms with Gasteiger partial charge in [-0.3, -0.25) is 9.59 Å². The summed E-state index contributed by atoms with van der Waals surface area (Å²) in [4.78, 5) is 24.3. The summed E-state index contributed by atoms with van der Waals surface area (Å²) in [5, 5.41) is 9.49. The number of hydrogen-bond donors (Lipinski definition) is 3. The Morgan fingerprint density at radius 3 is 1.43 bits per heavy atom. The Morgan fingerprint density at radius 1 is 0.957 bits per heavy atom. The predicted octanol–water partition coefficient (Wildman–Crippen LogP) is 2.92. The van der Waals surface area contributed by atoms with Crippen LogP contribution in [0.4, 0.5) is 0 Å². The molecule has 0 fully saturated rings. The molecule has 0 aromatic heterocycles. The molecule has 0 saturated carbocycles. The van der Waals surface area contributed by atoms with Gasteiger partial charge in [0.2, 0.25) is 0 Å². The monoisotopic (exact) mass is 368 g/mol. The van der Waals surface area contributed by atoms with E-state index in [-0.39, 0.29) is 11.7 Å². The van der Waals surface area contributed by atoms with E-state index in [0.717, 1.165) is 12.8 Å². The first kappa shape index (κ1) is 24.8. The van der Waals surface area contributed by atoms with Crippen LogP contribution in [0.2, 0.25) is 0 Å². The number of hydrogen-bond acceptors (Lipinski definition) is 3. The summed E-state index contributed by atoms with van der Waals surface area (Å²) in [5.41, 5.74) is -1.19. The molecule has 0 unspecified atom stereocenters. The topological polar surface area (TPSA) is 112 Å². The molecule has 6 nitrogen and oxygen atoms in total. The average Bonchev–Trinajstić information content (AvgIpc) is 2.37. The number of carboxylic acids is 1. The number of carbonyl (C=O) groups excluding carboxylic acids is 1. The molecule has 0 aromatic rings. The molecule has 0 radical (unpaired) electrons. The molecule has 0 heterocycles. The summed E-state index contributed by atoms with van der Waals surface area (Å²) in [7, 11) is 0. The van der Waals surface area contributed by atoms with Crippen LogP contribution in [0.5, 0.6) is 0 Å². The van der Waals surface area contributed by atoms with Gasteiger partial charge in [-0.1, -0.05) is 41.5 Å². The van der Waals surface area contributed by atoms with Gasteiger partial charge in [0.05, 0.1) is 0 Å². The first-order chi connectivity index (χ1) is 10.4. The zero-order chi connectivity index (χ0) is 18.8. The van der Waals surface area contributed by atoms with Crippen molar-refractivity contribution in [2.45, 2.75) is 67.2 Å². The number of carbonyl (C=O) groups is 2. The fraction of sp³-hybridized carbons (Fsp3) is 0.875. The maximum atomic E-state index is 12.8. The van der Waals surface area contributed by atoms with E-state index in [9.17, 15) is 14.7 Å². The van der Waals surface area contributed by atoms with E-state index in [1.807, 2.05) is 0 Å². The first-order valence-corrected chi connectivity index (χ1v) is 10.2. The van der Waals surface area contributed by atoms with E-state index < -0.39 is 30.0 Å². The third kappa shape index (κ3) is 9.45. The van der Waals surface area contributed by atoms with E-state index in [0.29, 0.717) is 24.7 Å². The van der Waals surface area contributed by atoms with Gasteiger partial charge >= 0.3 is 35.3 Å². The van der Waals surface area contributed by atoms with Crippen LogP contribution < -0.4 is 0 Å². The van der Waals surface area contributed by atoms with Crippen LogP contribution in [0.3, 0.4) is 0 Å². The molecular formula is C16H32O6Ti. The summed E-state index contributed by atoms with van der Waals surface area (Å²) < 4.78 is 23.2. The van der Waals surface area contributed by atoms with Gasteiger partial charge in [-0.05, 0) is 37.5 Å². The molecule has 7 heteroatoms. The van der Waals surface area contributed by atoms with E-state index in [1.54, 1.807) is 13.8 Å². The van der Waals surface area contributed by atoms with Crippen LogP contribution in [0.1, 0.15) is 67.2 Å². The van der Waals surface area contributed by atoms with Crippen molar-refractivity contribution in [3.05, 3.63) is 0 Å². The standard InChI is InChI=1S/C16H30O3.2H2O.O.Ti/c1-7-16(8-2,15(18)19)14(17)13(9-11(3)4)10-12(5)6;;;;/h11-13H,7-10H2,1-6H3,(H,18,19);2*1H2;;/q;;;;+2/p-2. The second-order valence-electron chi connectivity index (χ2n) is 6.70. The fourth-order valence-corrected chi connectivity index (χ4v) is 2.85. The van der Waals surface area contributed by atoms with E-state index in [1.165, 1.54) is 0 Å². The molecule has 0 aliphatic rings. The van der Waals surface area contributed by atoms with Crippen LogP contribution >= 0.6 is 0 Å². The molecule has 136 valence electrons. The van der Waals surface area contributed by atoms with Gasteiger partial charge in [0.1, 0.15) is 5.41 Å². The Morgan fingerprint density at radius 2 is 1.26 bits per heavy atom. The Kier molecular flexibility index (Phi) is 13.0. The van der Waals surface area contributed by atoms with Crippen molar-refractivity contribution in [1.82, 2.24) is 0 Å². The van der Waals surface area contributed by atoms with Gasteiger partial charge in [0.25, 0.3) is 0 Å². The number of aliphatic carboxylic acids is 1. The SMILES string of the molecule is CCC(CC)(C(=O)O)C(=O)C(CC(C)C)CC(C)C.[O]=[Ti]([OH])[OH]. The van der Waals surface area contributed by atoms with E-state index in [2.05, 4.69) is 27.7 Å². The minimum atomic E-state index is -3.58. The Labute approximate surface area is 146 Å². The van der Waals surface area contributed by atoms with Crippen molar-refractivity contribution in [2.24, 2.45) is 23.2 Å². The summed E-state index contributed by atoms with van der Waals surface area (Å²) in [5.74, 6) is -0.329. The van der Waals surface area contributed by atoms with E-state index in [4.69, 9.17) is 10.7 Å². The first-order valence-electron chi connectivity index (χ1n) is 8.14. The number of rotatable bonds is 9. The summed E-state index contributed by atoms with van der Waals surface area (Å²) in [6, 6.07) is 0. The van der Waals surface area contributed by atoms with Gasteiger partial charge in [0.15, 0.2) is 5.78 Å². The number of carboxylic acid groups (broad SMARTS) is 1. The molecule has 3 N–H and O–H groups in total. The second-order valence-corrected chi connectivity index (χ2v) is 7.58. The summed E-state index contributed by atoms with van der Waals surface area (Å²) >= 11 is -3.58. The van der Waals surface area contributed by atoms with Crippen molar-refractivity contribution in [1.29, 1.82) is 0 Å². The van der Waals surface area contributed by atoms with Crippen LogP contribution in [0.15, 0.2) is 0 Å². The average molecular weight is 368 g/mol. The maximum absolute atomic E-state index is 12.8. The third-order valence-electron chi connectivity index (χ3n) is 3.97. The van der Waals surface area contributed by atoms with Crippen molar-refractivity contribution in [2.75, 3.05) is 0 Å². The van der Waals surface area contributed by atoms with Crippen LogP contribution in [-0.4, -0.2) is 24.2 Å². The molecule has 0 atom stereocenters. The zero-order valence-corrected chi connectivity index (χ0v) is 16.7. The van der Waals surface area contributed by atoms with Gasteiger partial charge in [-0.2, -0.15) is 0 Å². The van der Waals surface area contributed by atoms with Gasteiger partial charge in [-0.25, -0.2) is 0 Å². The van der Waals surface area contributed by atoms with Crippen molar-refractivity contribution in [3.63, 3.8) is 0 Å². The van der Waals surface area contributed by atoms with Crippen molar-refractivity contribution < 1.29 is 44.0 Å². The summed E-state index contributed by atoms with van der Waals surface area (Å²) in [6.45, 7) is 11.9. The second kappa shape index (κ2) is 12.0. The molecule has 0 aromatic carbocycles. The molecule has 0 saturated heterocycles. The van der Waals surface area contributed by atoms with Gasteiger partial charge in [0, 0.05) is 5.92 Å². The van der Waals surface area contributed by atoms with Gasteiger partial charge in [-0.15, -0.1) is 0 Å². The van der Waals surface area contributed by atoms with Crippen molar-refractivity contribution in [3.8, 4) is 0 Å². The number of ketones is 1. The molecule has 0 rings (SSSR count). The normalized spacial score (nSPS) is 11.4.